The molecule has 0 radical (unpaired) electrons. The molecule has 1 heterocycles. The summed E-state index contributed by atoms with van der Waals surface area (Å²) < 4.78 is 5.16. The summed E-state index contributed by atoms with van der Waals surface area (Å²) in [6, 6.07) is 0. The van der Waals surface area contributed by atoms with Crippen LogP contribution in [0.4, 0.5) is 0 Å². The minimum atomic E-state index is -1.63. The summed E-state index contributed by atoms with van der Waals surface area (Å²) in [6.45, 7) is 6.96. The Hall–Kier alpha value is -0.880. The number of nitrogens with one attached hydrogen (secondary N) is 1. The monoisotopic (exact) mass is 334 g/mol. The van der Waals surface area contributed by atoms with Crippen molar-refractivity contribution in [2.24, 2.45) is 0 Å². The van der Waals surface area contributed by atoms with Crippen LogP contribution in [0.3, 0.4) is 0 Å². The van der Waals surface area contributed by atoms with Gasteiger partial charge in [0.05, 0.1) is 10.0 Å². The first-order chi connectivity index (χ1) is 9.53. The topological polar surface area (TPSA) is 71.5 Å². The predicted molar refractivity (Wildman–Crippen MR) is 82.4 cm³/mol. The molecule has 0 amide bonds. The Morgan fingerprint density at radius 1 is 1.33 bits per heavy atom. The van der Waals surface area contributed by atoms with Gasteiger partial charge in [0.15, 0.2) is 5.60 Å². The molecule has 118 valence electrons. The lowest BCUT2D eigenvalue weighted by molar-refractivity contribution is -0.174. The van der Waals surface area contributed by atoms with E-state index in [1.807, 2.05) is 0 Å². The molecule has 7 heteroatoms. The summed E-state index contributed by atoms with van der Waals surface area (Å²) in [6.07, 6.45) is 3.02. The normalized spacial score (nSPS) is 14.6. The number of esters is 1. The molecular weight excluding hydrogens is 315 g/mol. The van der Waals surface area contributed by atoms with Crippen LogP contribution in [-0.4, -0.2) is 33.8 Å². The molecule has 0 aliphatic carbocycles. The van der Waals surface area contributed by atoms with Gasteiger partial charge in [-0.25, -0.2) is 4.79 Å². The van der Waals surface area contributed by atoms with E-state index in [0.717, 1.165) is 0 Å². The smallest absolute Gasteiger partial charge is 0.339 e. The second kappa shape index (κ2) is 6.92. The van der Waals surface area contributed by atoms with Gasteiger partial charge in [0.25, 0.3) is 0 Å². The highest BCUT2D eigenvalue weighted by molar-refractivity contribution is 6.42. The molecule has 0 saturated carbocycles. The summed E-state index contributed by atoms with van der Waals surface area (Å²) >= 11 is 11.9. The number of nitrogens with zero attached hydrogens (tertiary/aromatic N) is 1. The van der Waals surface area contributed by atoms with Crippen molar-refractivity contribution in [2.45, 2.75) is 45.4 Å². The zero-order chi connectivity index (χ0) is 16.3. The zero-order valence-electron chi connectivity index (χ0n) is 12.5. The zero-order valence-corrected chi connectivity index (χ0v) is 14.0. The Bertz CT molecular complexity index is 513. The summed E-state index contributed by atoms with van der Waals surface area (Å²) in [7, 11) is 0. The van der Waals surface area contributed by atoms with Crippen LogP contribution in [0.25, 0.3) is 0 Å². The highest BCUT2D eigenvalue weighted by Crippen LogP contribution is 2.24. The fourth-order valence-electron chi connectivity index (χ4n) is 1.48. The quantitative estimate of drug-likeness (QED) is 0.810. The van der Waals surface area contributed by atoms with Crippen molar-refractivity contribution in [1.82, 2.24) is 10.3 Å². The van der Waals surface area contributed by atoms with Gasteiger partial charge in [0, 0.05) is 31.0 Å². The number of pyridine rings is 1. The van der Waals surface area contributed by atoms with Crippen molar-refractivity contribution in [3.63, 3.8) is 0 Å². The van der Waals surface area contributed by atoms with Gasteiger partial charge >= 0.3 is 5.97 Å². The van der Waals surface area contributed by atoms with Crippen LogP contribution in [0, 0.1) is 0 Å². The number of carbonyl (C=O) groups excluding carboxylic acids is 1. The van der Waals surface area contributed by atoms with Gasteiger partial charge in [-0.1, -0.05) is 23.2 Å². The van der Waals surface area contributed by atoms with E-state index in [-0.39, 0.29) is 6.54 Å². The summed E-state index contributed by atoms with van der Waals surface area (Å²) in [5.74, 6) is -0.683. The predicted octanol–water partition coefficient (Wildman–Crippen LogP) is 2.57. The number of aliphatic hydroxyl groups is 1. The minimum Gasteiger partial charge on any atom is -0.458 e. The number of ether oxygens (including phenoxy) is 1. The van der Waals surface area contributed by atoms with Crippen molar-refractivity contribution >= 4 is 29.2 Å². The molecule has 2 N–H and O–H groups in total. The molecule has 1 aromatic rings. The van der Waals surface area contributed by atoms with Crippen LogP contribution in [0.5, 0.6) is 0 Å². The van der Waals surface area contributed by atoms with Crippen molar-refractivity contribution in [3.8, 4) is 0 Å². The first kappa shape index (κ1) is 18.2. The third-order valence-electron chi connectivity index (χ3n) is 2.53. The SMILES string of the molecule is CC(C)(C)OC(=O)C(C)(O)CNCc1cncc(Cl)c1Cl. The van der Waals surface area contributed by atoms with Crippen molar-refractivity contribution in [2.75, 3.05) is 6.54 Å². The standard InChI is InChI=1S/C14H20Cl2N2O3/c1-13(2,3)21-12(19)14(4,20)8-18-6-9-5-17-7-10(15)11(9)16/h5,7,18,20H,6,8H2,1-4H3. The molecule has 0 saturated heterocycles. The second-order valence-electron chi connectivity index (χ2n) is 5.97. The first-order valence-corrected chi connectivity index (χ1v) is 7.23. The maximum absolute atomic E-state index is 11.9. The molecule has 21 heavy (non-hydrogen) atoms. The third-order valence-corrected chi connectivity index (χ3v) is 3.36. The van der Waals surface area contributed by atoms with Crippen LogP contribution >= 0.6 is 23.2 Å². The largest absolute Gasteiger partial charge is 0.458 e. The van der Waals surface area contributed by atoms with Crippen LogP contribution in [0.2, 0.25) is 10.0 Å². The van der Waals surface area contributed by atoms with E-state index in [9.17, 15) is 9.90 Å². The number of carbonyl (C=O) groups is 1. The lowest BCUT2D eigenvalue weighted by Gasteiger charge is -2.27. The maximum atomic E-state index is 11.9. The molecule has 0 fully saturated rings. The maximum Gasteiger partial charge on any atom is 0.339 e. The molecular formula is C14H20Cl2N2O3. The highest BCUT2D eigenvalue weighted by atomic mass is 35.5. The van der Waals surface area contributed by atoms with Gasteiger partial charge in [0.2, 0.25) is 0 Å². The fourth-order valence-corrected chi connectivity index (χ4v) is 1.83. The number of aromatic nitrogens is 1. The molecule has 0 spiro atoms. The van der Waals surface area contributed by atoms with E-state index in [1.54, 1.807) is 27.0 Å². The molecule has 0 aliphatic rings. The molecule has 1 aromatic heterocycles. The molecule has 0 aromatic carbocycles. The number of rotatable bonds is 5. The van der Waals surface area contributed by atoms with Gasteiger partial charge in [-0.2, -0.15) is 0 Å². The lowest BCUT2D eigenvalue weighted by Crippen LogP contribution is -2.48. The van der Waals surface area contributed by atoms with Gasteiger partial charge < -0.3 is 15.2 Å². The number of hydrogen-bond donors (Lipinski definition) is 2. The van der Waals surface area contributed by atoms with Gasteiger partial charge in [-0.3, -0.25) is 4.98 Å². The molecule has 1 atom stereocenters. The van der Waals surface area contributed by atoms with Crippen molar-refractivity contribution < 1.29 is 14.6 Å². The van der Waals surface area contributed by atoms with E-state index in [1.165, 1.54) is 13.1 Å². The number of halogens is 2. The van der Waals surface area contributed by atoms with Gasteiger partial charge in [0.1, 0.15) is 5.60 Å². The molecule has 0 bridgehead atoms. The molecule has 1 rings (SSSR count). The Balaban J connectivity index is 2.58. The Morgan fingerprint density at radius 2 is 1.95 bits per heavy atom. The second-order valence-corrected chi connectivity index (χ2v) is 6.76. The third kappa shape index (κ3) is 5.79. The highest BCUT2D eigenvalue weighted by Gasteiger charge is 2.34. The Kier molecular flexibility index (Phi) is 5.99. The fraction of sp³-hybridized carbons (Fsp3) is 0.571. The van der Waals surface area contributed by atoms with Crippen LogP contribution in [0.1, 0.15) is 33.3 Å². The minimum absolute atomic E-state index is 0.0186. The molecule has 5 nitrogen and oxygen atoms in total. The molecule has 0 aliphatic heterocycles. The lowest BCUT2D eigenvalue weighted by atomic mass is 10.1. The van der Waals surface area contributed by atoms with E-state index in [0.29, 0.717) is 22.2 Å². The van der Waals surface area contributed by atoms with E-state index in [4.69, 9.17) is 27.9 Å². The molecule has 1 unspecified atom stereocenters. The van der Waals surface area contributed by atoms with Crippen molar-refractivity contribution in [3.05, 3.63) is 28.0 Å². The Labute approximate surface area is 134 Å². The first-order valence-electron chi connectivity index (χ1n) is 6.47. The average molecular weight is 335 g/mol. The Morgan fingerprint density at radius 3 is 2.52 bits per heavy atom. The van der Waals surface area contributed by atoms with E-state index < -0.39 is 17.2 Å². The average Bonchev–Trinajstić information content (AvgIpc) is 2.32. The van der Waals surface area contributed by atoms with Crippen molar-refractivity contribution in [1.29, 1.82) is 0 Å². The van der Waals surface area contributed by atoms with Crippen LogP contribution in [0.15, 0.2) is 12.4 Å². The van der Waals surface area contributed by atoms with Crippen LogP contribution in [-0.2, 0) is 16.1 Å². The summed E-state index contributed by atoms with van der Waals surface area (Å²) in [5.41, 5.74) is -1.60. The van der Waals surface area contributed by atoms with Gasteiger partial charge in [-0.05, 0) is 27.7 Å². The number of hydrogen-bond acceptors (Lipinski definition) is 5. The van der Waals surface area contributed by atoms with E-state index in [2.05, 4.69) is 10.3 Å². The van der Waals surface area contributed by atoms with Crippen LogP contribution < -0.4 is 5.32 Å². The van der Waals surface area contributed by atoms with Gasteiger partial charge in [-0.15, -0.1) is 0 Å². The van der Waals surface area contributed by atoms with E-state index >= 15 is 0 Å². The summed E-state index contributed by atoms with van der Waals surface area (Å²) in [5, 5.41) is 13.8. The summed E-state index contributed by atoms with van der Waals surface area (Å²) in [4.78, 5) is 15.8.